The van der Waals surface area contributed by atoms with Crippen LogP contribution in [-0.4, -0.2) is 48.3 Å². The van der Waals surface area contributed by atoms with E-state index in [2.05, 4.69) is 58.3 Å². The van der Waals surface area contributed by atoms with Gasteiger partial charge >= 0.3 is 0 Å². The number of sulfonamides is 1. The topological polar surface area (TPSA) is 70.7 Å². The number of hydrogen-bond acceptors (Lipinski definition) is 5. The van der Waals surface area contributed by atoms with Crippen LogP contribution in [0.25, 0.3) is 10.8 Å². The van der Waals surface area contributed by atoms with Crippen molar-refractivity contribution in [3.8, 4) is 5.75 Å². The van der Waals surface area contributed by atoms with Gasteiger partial charge in [0, 0.05) is 38.1 Å². The fourth-order valence-electron chi connectivity index (χ4n) is 4.85. The van der Waals surface area contributed by atoms with Gasteiger partial charge in [-0.25, -0.2) is 13.1 Å². The van der Waals surface area contributed by atoms with Crippen molar-refractivity contribution in [3.63, 3.8) is 0 Å². The summed E-state index contributed by atoms with van der Waals surface area (Å²) < 4.78 is 35.1. The molecular weight excluding hydrogens is 434 g/mol. The normalized spacial score (nSPS) is 17.8. The Morgan fingerprint density at radius 1 is 1.06 bits per heavy atom. The Morgan fingerprint density at radius 3 is 2.58 bits per heavy atom. The first-order valence-corrected chi connectivity index (χ1v) is 13.0. The molecule has 33 heavy (non-hydrogen) atoms. The fraction of sp³-hybridized carbons (Fsp3) is 0.385. The van der Waals surface area contributed by atoms with E-state index in [1.54, 1.807) is 25.3 Å². The zero-order valence-corrected chi connectivity index (χ0v) is 20.0. The number of aryl methyl sites for hydroxylation is 1. The maximum absolute atomic E-state index is 13.3. The van der Waals surface area contributed by atoms with Crippen molar-refractivity contribution in [1.29, 1.82) is 0 Å². The van der Waals surface area contributed by atoms with Crippen LogP contribution in [0.2, 0.25) is 0 Å². The summed E-state index contributed by atoms with van der Waals surface area (Å²) in [6.45, 7) is 5.86. The van der Waals surface area contributed by atoms with Gasteiger partial charge < -0.3 is 15.0 Å². The molecule has 174 valence electrons. The minimum Gasteiger partial charge on any atom is -0.495 e. The fourth-order valence-corrected chi connectivity index (χ4v) is 5.99. The Labute approximate surface area is 196 Å². The first kappa shape index (κ1) is 22.2. The number of rotatable bonds is 7. The third-order valence-corrected chi connectivity index (χ3v) is 8.38. The predicted molar refractivity (Wildman–Crippen MR) is 133 cm³/mol. The SMILES string of the molecule is COc1ccc(S(=O)(=O)NCC2(c3cccc4ccc(C)cc34)CC2)cc1N1CCNCC1. The highest BCUT2D eigenvalue weighted by Crippen LogP contribution is 2.50. The molecule has 6 nitrogen and oxygen atoms in total. The van der Waals surface area contributed by atoms with Gasteiger partial charge in [0.15, 0.2) is 0 Å². The number of fused-ring (bicyclic) bond motifs is 1. The van der Waals surface area contributed by atoms with E-state index in [0.717, 1.165) is 44.7 Å². The molecule has 1 saturated carbocycles. The van der Waals surface area contributed by atoms with Crippen molar-refractivity contribution in [2.75, 3.05) is 44.7 Å². The van der Waals surface area contributed by atoms with Crippen LogP contribution >= 0.6 is 0 Å². The maximum Gasteiger partial charge on any atom is 0.240 e. The van der Waals surface area contributed by atoms with Crippen molar-refractivity contribution >= 4 is 26.5 Å². The quantitative estimate of drug-likeness (QED) is 0.558. The number of anilines is 1. The summed E-state index contributed by atoms with van der Waals surface area (Å²) in [4.78, 5) is 2.45. The lowest BCUT2D eigenvalue weighted by Gasteiger charge is -2.31. The second-order valence-electron chi connectivity index (χ2n) is 9.21. The minimum atomic E-state index is -3.66. The highest BCUT2D eigenvalue weighted by molar-refractivity contribution is 7.89. The van der Waals surface area contributed by atoms with Gasteiger partial charge in [-0.1, -0.05) is 42.0 Å². The summed E-state index contributed by atoms with van der Waals surface area (Å²) in [6.07, 6.45) is 1.97. The van der Waals surface area contributed by atoms with Crippen molar-refractivity contribution < 1.29 is 13.2 Å². The van der Waals surface area contributed by atoms with Crippen LogP contribution in [0, 0.1) is 6.92 Å². The molecule has 5 rings (SSSR count). The average molecular weight is 466 g/mol. The summed E-state index contributed by atoms with van der Waals surface area (Å²) in [7, 11) is -2.04. The number of nitrogens with one attached hydrogen (secondary N) is 2. The molecule has 0 aromatic heterocycles. The molecule has 3 aromatic rings. The Bertz CT molecular complexity index is 1280. The average Bonchev–Trinajstić information content (AvgIpc) is 3.63. The highest BCUT2D eigenvalue weighted by Gasteiger charge is 2.45. The van der Waals surface area contributed by atoms with Gasteiger partial charge in [0.25, 0.3) is 0 Å². The van der Waals surface area contributed by atoms with Crippen LogP contribution in [0.15, 0.2) is 59.5 Å². The standard InChI is InChI=1S/C26H31N3O3S/c1-19-6-7-20-4-3-5-23(22(20)16-19)26(10-11-26)18-28-33(30,31)21-8-9-25(32-2)24(17-21)29-14-12-27-13-15-29/h3-9,16-17,27-28H,10-15,18H2,1-2H3. The number of methoxy groups -OCH3 is 1. The summed E-state index contributed by atoms with van der Waals surface area (Å²) >= 11 is 0. The zero-order valence-electron chi connectivity index (χ0n) is 19.2. The van der Waals surface area contributed by atoms with Gasteiger partial charge in [0.05, 0.1) is 17.7 Å². The molecule has 1 aliphatic carbocycles. The van der Waals surface area contributed by atoms with Gasteiger partial charge in [0.1, 0.15) is 5.75 Å². The summed E-state index contributed by atoms with van der Waals surface area (Å²) in [5.74, 6) is 0.695. The molecule has 0 unspecified atom stereocenters. The molecule has 0 atom stereocenters. The van der Waals surface area contributed by atoms with Crippen molar-refractivity contribution in [2.45, 2.75) is 30.1 Å². The predicted octanol–water partition coefficient (Wildman–Crippen LogP) is 3.58. The number of benzene rings is 3. The van der Waals surface area contributed by atoms with E-state index >= 15 is 0 Å². The van der Waals surface area contributed by atoms with Crippen LogP contribution in [0.1, 0.15) is 24.0 Å². The first-order chi connectivity index (χ1) is 15.9. The van der Waals surface area contributed by atoms with Crippen molar-refractivity contribution in [2.24, 2.45) is 0 Å². The van der Waals surface area contributed by atoms with Crippen LogP contribution in [0.4, 0.5) is 5.69 Å². The largest absolute Gasteiger partial charge is 0.495 e. The van der Waals surface area contributed by atoms with Crippen molar-refractivity contribution in [1.82, 2.24) is 10.0 Å². The van der Waals surface area contributed by atoms with Crippen molar-refractivity contribution in [3.05, 3.63) is 65.7 Å². The molecule has 7 heteroatoms. The summed E-state index contributed by atoms with van der Waals surface area (Å²) in [5.41, 5.74) is 3.13. The molecule has 0 amide bonds. The highest BCUT2D eigenvalue weighted by atomic mass is 32.2. The number of nitrogens with zero attached hydrogens (tertiary/aromatic N) is 1. The maximum atomic E-state index is 13.3. The Hall–Kier alpha value is -2.61. The van der Waals surface area contributed by atoms with Gasteiger partial charge in [0.2, 0.25) is 10.0 Å². The first-order valence-electron chi connectivity index (χ1n) is 11.6. The van der Waals surface area contributed by atoms with Gasteiger partial charge in [-0.05, 0) is 54.3 Å². The van der Waals surface area contributed by atoms with E-state index in [1.807, 2.05) is 0 Å². The number of piperazine rings is 1. The smallest absolute Gasteiger partial charge is 0.240 e. The molecule has 2 fully saturated rings. The van der Waals surface area contributed by atoms with E-state index in [0.29, 0.717) is 12.3 Å². The molecule has 2 N–H and O–H groups in total. The summed E-state index contributed by atoms with van der Waals surface area (Å²) in [6, 6.07) is 17.9. The molecule has 0 bridgehead atoms. The van der Waals surface area contributed by atoms with Crippen LogP contribution in [-0.2, 0) is 15.4 Å². The lowest BCUT2D eigenvalue weighted by atomic mass is 9.90. The second kappa shape index (κ2) is 8.63. The molecule has 1 aliphatic heterocycles. The van der Waals surface area contributed by atoms with E-state index in [1.165, 1.54) is 21.9 Å². The van der Waals surface area contributed by atoms with E-state index in [9.17, 15) is 8.42 Å². The monoisotopic (exact) mass is 465 g/mol. The van der Waals surface area contributed by atoms with Gasteiger partial charge in [-0.3, -0.25) is 0 Å². The number of hydrogen-bond donors (Lipinski definition) is 2. The third-order valence-electron chi connectivity index (χ3n) is 6.98. The summed E-state index contributed by atoms with van der Waals surface area (Å²) in [5, 5.41) is 5.75. The Kier molecular flexibility index (Phi) is 5.80. The Balaban J connectivity index is 1.41. The molecule has 3 aromatic carbocycles. The molecule has 1 heterocycles. The lowest BCUT2D eigenvalue weighted by Crippen LogP contribution is -2.43. The minimum absolute atomic E-state index is 0.145. The third kappa shape index (κ3) is 4.33. The molecule has 1 saturated heterocycles. The van der Waals surface area contributed by atoms with Crippen LogP contribution in [0.5, 0.6) is 5.75 Å². The molecule has 0 spiro atoms. The second-order valence-corrected chi connectivity index (χ2v) is 11.0. The number of ether oxygens (including phenoxy) is 1. The van der Waals surface area contributed by atoms with Gasteiger partial charge in [-0.15, -0.1) is 0 Å². The zero-order chi connectivity index (χ0) is 23.1. The molecule has 2 aliphatic rings. The van der Waals surface area contributed by atoms with Crippen LogP contribution in [0.3, 0.4) is 0 Å². The van der Waals surface area contributed by atoms with Crippen LogP contribution < -0.4 is 19.7 Å². The van der Waals surface area contributed by atoms with E-state index in [-0.39, 0.29) is 10.3 Å². The molecule has 0 radical (unpaired) electrons. The van der Waals surface area contributed by atoms with E-state index in [4.69, 9.17) is 4.74 Å². The molecular formula is C26H31N3O3S. The van der Waals surface area contributed by atoms with E-state index < -0.39 is 10.0 Å². The lowest BCUT2D eigenvalue weighted by molar-refractivity contribution is 0.412. The van der Waals surface area contributed by atoms with Gasteiger partial charge in [-0.2, -0.15) is 0 Å². The Morgan fingerprint density at radius 2 is 1.85 bits per heavy atom.